The van der Waals surface area contributed by atoms with Crippen LogP contribution in [0.1, 0.15) is 12.5 Å². The molecule has 7 heteroatoms. The number of nitrogens with zero attached hydrogens (tertiary/aromatic N) is 1. The van der Waals surface area contributed by atoms with Gasteiger partial charge in [-0.05, 0) is 12.1 Å². The van der Waals surface area contributed by atoms with Crippen LogP contribution in [0.3, 0.4) is 0 Å². The van der Waals surface area contributed by atoms with Gasteiger partial charge < -0.3 is 0 Å². The maximum absolute atomic E-state index is 12.8. The molecule has 0 aliphatic rings. The van der Waals surface area contributed by atoms with E-state index in [0.29, 0.717) is 0 Å². The summed E-state index contributed by atoms with van der Waals surface area (Å²) < 4.78 is 63.5. The molecular formula is C12H12F3NO2S. The molecule has 1 aromatic rings. The lowest BCUT2D eigenvalue weighted by molar-refractivity contribution is -0.139. The highest BCUT2D eigenvalue weighted by Gasteiger charge is 2.38. The summed E-state index contributed by atoms with van der Waals surface area (Å²) in [5, 5.41) is 0. The first-order valence-electron chi connectivity index (χ1n) is 5.35. The van der Waals surface area contributed by atoms with Crippen LogP contribution in [0.2, 0.25) is 0 Å². The van der Waals surface area contributed by atoms with E-state index < -0.39 is 26.7 Å². The Morgan fingerprint density at radius 2 is 1.89 bits per heavy atom. The summed E-state index contributed by atoms with van der Waals surface area (Å²) in [4.78, 5) is -0.778. The highest BCUT2D eigenvalue weighted by atomic mass is 32.2. The van der Waals surface area contributed by atoms with Gasteiger partial charge in [0, 0.05) is 6.54 Å². The number of terminal acetylenes is 1. The van der Waals surface area contributed by atoms with E-state index >= 15 is 0 Å². The van der Waals surface area contributed by atoms with Crippen LogP contribution in [0.25, 0.3) is 0 Å². The maximum atomic E-state index is 12.8. The Morgan fingerprint density at radius 1 is 1.32 bits per heavy atom. The van der Waals surface area contributed by atoms with Crippen LogP contribution >= 0.6 is 0 Å². The van der Waals surface area contributed by atoms with Gasteiger partial charge in [0.05, 0.1) is 17.0 Å². The SMILES string of the molecule is C#CCN(CC)S(=O)(=O)c1ccccc1C(F)(F)F. The highest BCUT2D eigenvalue weighted by Crippen LogP contribution is 2.34. The van der Waals surface area contributed by atoms with Gasteiger partial charge in [-0.3, -0.25) is 0 Å². The van der Waals surface area contributed by atoms with Crippen molar-refractivity contribution in [3.05, 3.63) is 29.8 Å². The molecule has 0 saturated carbocycles. The summed E-state index contributed by atoms with van der Waals surface area (Å²) in [5.74, 6) is 2.12. The molecule has 0 fully saturated rings. The second kappa shape index (κ2) is 5.63. The van der Waals surface area contributed by atoms with Gasteiger partial charge in [0.2, 0.25) is 10.0 Å². The van der Waals surface area contributed by atoms with Crippen molar-refractivity contribution in [3.8, 4) is 12.3 Å². The molecule has 19 heavy (non-hydrogen) atoms. The summed E-state index contributed by atoms with van der Waals surface area (Å²) >= 11 is 0. The molecule has 1 rings (SSSR count). The largest absolute Gasteiger partial charge is 0.417 e. The molecule has 0 aliphatic heterocycles. The van der Waals surface area contributed by atoms with Crippen molar-refractivity contribution in [3.63, 3.8) is 0 Å². The van der Waals surface area contributed by atoms with E-state index in [9.17, 15) is 21.6 Å². The Morgan fingerprint density at radius 3 is 2.37 bits per heavy atom. The molecule has 0 N–H and O–H groups in total. The topological polar surface area (TPSA) is 37.4 Å². The van der Waals surface area contributed by atoms with Crippen molar-refractivity contribution in [2.45, 2.75) is 18.0 Å². The average molecular weight is 291 g/mol. The Labute approximate surface area is 110 Å². The molecule has 0 bridgehead atoms. The molecule has 0 unspecified atom stereocenters. The molecule has 0 radical (unpaired) electrons. The zero-order chi connectivity index (χ0) is 14.7. The van der Waals surface area contributed by atoms with E-state index in [4.69, 9.17) is 6.42 Å². The summed E-state index contributed by atoms with van der Waals surface area (Å²) in [5.41, 5.74) is -1.19. The molecular weight excluding hydrogens is 279 g/mol. The third-order valence-corrected chi connectivity index (χ3v) is 4.41. The quantitative estimate of drug-likeness (QED) is 0.799. The molecule has 0 atom stereocenters. The summed E-state index contributed by atoms with van der Waals surface area (Å²) in [6.45, 7) is 1.23. The van der Waals surface area contributed by atoms with Gasteiger partial charge in [-0.25, -0.2) is 8.42 Å². The third kappa shape index (κ3) is 3.28. The molecule has 1 aromatic carbocycles. The lowest BCUT2D eigenvalue weighted by Crippen LogP contribution is -2.32. The van der Waals surface area contributed by atoms with Crippen molar-refractivity contribution < 1.29 is 21.6 Å². The fourth-order valence-corrected chi connectivity index (χ4v) is 3.11. The first kappa shape index (κ1) is 15.5. The molecule has 3 nitrogen and oxygen atoms in total. The van der Waals surface area contributed by atoms with Crippen LogP contribution in [0.4, 0.5) is 13.2 Å². The zero-order valence-electron chi connectivity index (χ0n) is 10.1. The number of hydrogen-bond acceptors (Lipinski definition) is 2. The molecule has 0 amide bonds. The molecule has 0 aliphatic carbocycles. The Kier molecular flexibility index (Phi) is 4.61. The number of halogens is 3. The minimum absolute atomic E-state index is 0.00127. The van der Waals surface area contributed by atoms with Crippen molar-refractivity contribution in [1.29, 1.82) is 0 Å². The van der Waals surface area contributed by atoms with Gasteiger partial charge >= 0.3 is 6.18 Å². The monoisotopic (exact) mass is 291 g/mol. The normalized spacial score (nSPS) is 12.4. The van der Waals surface area contributed by atoms with Gasteiger partial charge in [0.25, 0.3) is 0 Å². The van der Waals surface area contributed by atoms with Crippen molar-refractivity contribution >= 4 is 10.0 Å². The zero-order valence-corrected chi connectivity index (χ0v) is 10.9. The maximum Gasteiger partial charge on any atom is 0.417 e. The third-order valence-electron chi connectivity index (χ3n) is 2.43. The Hall–Kier alpha value is -1.52. The summed E-state index contributed by atoms with van der Waals surface area (Å²) in [6, 6.07) is 4.04. The molecule has 0 aromatic heterocycles. The van der Waals surface area contributed by atoms with Crippen LogP contribution in [-0.4, -0.2) is 25.8 Å². The van der Waals surface area contributed by atoms with Gasteiger partial charge in [-0.1, -0.05) is 25.0 Å². The van der Waals surface area contributed by atoms with Crippen molar-refractivity contribution in [1.82, 2.24) is 4.31 Å². The van der Waals surface area contributed by atoms with E-state index in [-0.39, 0.29) is 13.1 Å². The van der Waals surface area contributed by atoms with Crippen molar-refractivity contribution in [2.75, 3.05) is 13.1 Å². The fourth-order valence-electron chi connectivity index (χ4n) is 1.53. The van der Waals surface area contributed by atoms with Gasteiger partial charge in [0.1, 0.15) is 0 Å². The summed E-state index contributed by atoms with van der Waals surface area (Å²) in [6.07, 6.45) is 0.288. The van der Waals surface area contributed by atoms with Crippen LogP contribution in [0.5, 0.6) is 0 Å². The number of rotatable bonds is 4. The lowest BCUT2D eigenvalue weighted by atomic mass is 10.2. The van der Waals surface area contributed by atoms with Crippen LogP contribution in [-0.2, 0) is 16.2 Å². The number of hydrogen-bond donors (Lipinski definition) is 0. The van der Waals surface area contributed by atoms with E-state index in [2.05, 4.69) is 5.92 Å². The van der Waals surface area contributed by atoms with Crippen molar-refractivity contribution in [2.24, 2.45) is 0 Å². The predicted octanol–water partition coefficient (Wildman–Crippen LogP) is 2.35. The van der Waals surface area contributed by atoms with E-state index in [1.165, 1.54) is 13.0 Å². The lowest BCUT2D eigenvalue weighted by Gasteiger charge is -2.20. The summed E-state index contributed by atoms with van der Waals surface area (Å²) in [7, 11) is -4.26. The van der Waals surface area contributed by atoms with E-state index in [1.807, 2.05) is 0 Å². The fraction of sp³-hybridized carbons (Fsp3) is 0.333. The Balaban J connectivity index is 3.42. The first-order chi connectivity index (χ1) is 8.75. The van der Waals surface area contributed by atoms with E-state index in [0.717, 1.165) is 22.5 Å². The van der Waals surface area contributed by atoms with Gasteiger partial charge in [0.15, 0.2) is 0 Å². The molecule has 0 spiro atoms. The Bertz CT molecular complexity index is 588. The minimum atomic E-state index is -4.74. The van der Waals surface area contributed by atoms with E-state index in [1.54, 1.807) is 0 Å². The predicted molar refractivity (Wildman–Crippen MR) is 64.7 cm³/mol. The number of sulfonamides is 1. The molecule has 104 valence electrons. The van der Waals surface area contributed by atoms with Crippen LogP contribution < -0.4 is 0 Å². The smallest absolute Gasteiger partial charge is 0.207 e. The van der Waals surface area contributed by atoms with Crippen LogP contribution in [0.15, 0.2) is 29.2 Å². The van der Waals surface area contributed by atoms with Gasteiger partial charge in [-0.2, -0.15) is 17.5 Å². The molecule has 0 saturated heterocycles. The molecule has 0 heterocycles. The number of alkyl halides is 3. The van der Waals surface area contributed by atoms with Gasteiger partial charge in [-0.15, -0.1) is 6.42 Å². The van der Waals surface area contributed by atoms with Crippen LogP contribution in [0, 0.1) is 12.3 Å². The number of benzene rings is 1. The minimum Gasteiger partial charge on any atom is -0.207 e. The second-order valence-electron chi connectivity index (χ2n) is 3.63. The first-order valence-corrected chi connectivity index (χ1v) is 6.79. The standard InChI is InChI=1S/C12H12F3NO2S/c1-3-9-16(4-2)19(17,18)11-8-6-5-7-10(11)12(13,14)15/h1,5-8H,4,9H2,2H3. The average Bonchev–Trinajstić information content (AvgIpc) is 2.34. The second-order valence-corrected chi connectivity index (χ2v) is 5.54. The highest BCUT2D eigenvalue weighted by molar-refractivity contribution is 7.89.